The van der Waals surface area contributed by atoms with E-state index in [-0.39, 0.29) is 51.5 Å². The molecule has 160 valence electrons. The summed E-state index contributed by atoms with van der Waals surface area (Å²) in [5, 5.41) is 13.3. The van der Waals surface area contributed by atoms with E-state index in [2.05, 4.69) is 5.32 Å². The van der Waals surface area contributed by atoms with E-state index in [1.807, 2.05) is 0 Å². The number of hydrogen-bond donors (Lipinski definition) is 1. The summed E-state index contributed by atoms with van der Waals surface area (Å²) in [7, 11) is -7.30. The number of sulfone groups is 1. The Balaban J connectivity index is 1.87. The van der Waals surface area contributed by atoms with Crippen molar-refractivity contribution < 1.29 is 26.6 Å². The highest BCUT2D eigenvalue weighted by Gasteiger charge is 2.32. The van der Waals surface area contributed by atoms with Crippen molar-refractivity contribution in [1.29, 1.82) is 0 Å². The van der Waals surface area contributed by atoms with E-state index < -0.39 is 30.7 Å². The lowest BCUT2D eigenvalue weighted by atomic mass is 10.2. The van der Waals surface area contributed by atoms with Crippen LogP contribution in [0.4, 0.5) is 11.4 Å². The Hall–Kier alpha value is -2.54. The van der Waals surface area contributed by atoms with E-state index in [9.17, 15) is 31.7 Å². The summed E-state index contributed by atoms with van der Waals surface area (Å²) in [4.78, 5) is 22.6. The molecule has 1 heterocycles. The fraction of sp³-hybridized carbons (Fsp3) is 0.235. The summed E-state index contributed by atoms with van der Waals surface area (Å²) in [5.41, 5.74) is -0.232. The number of nitro benzene ring substituents is 1. The van der Waals surface area contributed by atoms with E-state index in [0.29, 0.717) is 0 Å². The Labute approximate surface area is 177 Å². The SMILES string of the molecule is O=C(Nc1cccc([N+](=O)[O-])c1)c1cc(S(=O)(=O)N2CCS(=O)(=O)CC2)ccc1Cl. The van der Waals surface area contributed by atoms with Crippen molar-refractivity contribution in [3.8, 4) is 0 Å². The van der Waals surface area contributed by atoms with Crippen molar-refractivity contribution in [3.63, 3.8) is 0 Å². The van der Waals surface area contributed by atoms with Crippen LogP contribution in [0.5, 0.6) is 0 Å². The van der Waals surface area contributed by atoms with Crippen LogP contribution in [-0.2, 0) is 19.9 Å². The van der Waals surface area contributed by atoms with Gasteiger partial charge in [-0.15, -0.1) is 0 Å². The average Bonchev–Trinajstić information content (AvgIpc) is 2.68. The van der Waals surface area contributed by atoms with Gasteiger partial charge in [0.15, 0.2) is 9.84 Å². The number of rotatable bonds is 5. The van der Waals surface area contributed by atoms with Crippen LogP contribution in [-0.4, -0.2) is 56.6 Å². The number of non-ortho nitro benzene ring substituents is 1. The van der Waals surface area contributed by atoms with Gasteiger partial charge < -0.3 is 5.32 Å². The molecule has 2 aromatic rings. The van der Waals surface area contributed by atoms with Gasteiger partial charge in [-0.3, -0.25) is 14.9 Å². The van der Waals surface area contributed by atoms with Gasteiger partial charge in [0.05, 0.1) is 31.9 Å². The third-order valence-corrected chi connectivity index (χ3v) is 8.27. The van der Waals surface area contributed by atoms with Gasteiger partial charge in [0, 0.05) is 30.9 Å². The van der Waals surface area contributed by atoms with Crippen LogP contribution in [0, 0.1) is 10.1 Å². The molecule has 1 aliphatic heterocycles. The minimum atomic E-state index is -4.03. The van der Waals surface area contributed by atoms with Crippen LogP contribution in [0.1, 0.15) is 10.4 Å². The number of nitrogens with zero attached hydrogens (tertiary/aromatic N) is 2. The van der Waals surface area contributed by atoms with Gasteiger partial charge in [0.1, 0.15) is 0 Å². The van der Waals surface area contributed by atoms with Crippen LogP contribution in [0.25, 0.3) is 0 Å². The van der Waals surface area contributed by atoms with Crippen molar-refractivity contribution >= 4 is 48.7 Å². The number of carbonyl (C=O) groups excluding carboxylic acids is 1. The number of amides is 1. The fourth-order valence-corrected chi connectivity index (χ4v) is 5.92. The number of halogens is 1. The maximum absolute atomic E-state index is 12.8. The van der Waals surface area contributed by atoms with E-state index in [1.54, 1.807) is 0 Å². The molecular weight excluding hydrogens is 458 g/mol. The molecule has 1 saturated heterocycles. The number of sulfonamides is 1. The summed E-state index contributed by atoms with van der Waals surface area (Å²) < 4.78 is 49.8. The maximum Gasteiger partial charge on any atom is 0.271 e. The molecule has 13 heteroatoms. The van der Waals surface area contributed by atoms with Gasteiger partial charge in [-0.05, 0) is 24.3 Å². The first-order valence-corrected chi connectivity index (χ1v) is 12.2. The van der Waals surface area contributed by atoms with Crippen molar-refractivity contribution in [2.75, 3.05) is 29.9 Å². The predicted molar refractivity (Wildman–Crippen MR) is 110 cm³/mol. The van der Waals surface area contributed by atoms with Crippen molar-refractivity contribution in [1.82, 2.24) is 4.31 Å². The van der Waals surface area contributed by atoms with Crippen molar-refractivity contribution in [2.45, 2.75) is 4.90 Å². The molecule has 2 aromatic carbocycles. The molecular formula is C17H16ClN3O7S2. The first-order chi connectivity index (χ1) is 14.0. The zero-order chi connectivity index (χ0) is 22.1. The second-order valence-electron chi connectivity index (χ2n) is 6.46. The van der Waals surface area contributed by atoms with Crippen molar-refractivity contribution in [2.24, 2.45) is 0 Å². The standard InChI is InChI=1S/C17H16ClN3O7S2/c18-16-5-4-14(30(27,28)20-6-8-29(25,26)9-7-20)11-15(16)17(22)19-12-2-1-3-13(10-12)21(23)24/h1-5,10-11H,6-9H2,(H,19,22). The molecule has 10 nitrogen and oxygen atoms in total. The average molecular weight is 474 g/mol. The molecule has 1 amide bonds. The zero-order valence-electron chi connectivity index (χ0n) is 15.3. The number of nitro groups is 1. The number of anilines is 1. The molecule has 3 rings (SSSR count). The van der Waals surface area contributed by atoms with Crippen LogP contribution in [0.15, 0.2) is 47.4 Å². The Morgan fingerprint density at radius 2 is 1.80 bits per heavy atom. The smallest absolute Gasteiger partial charge is 0.271 e. The van der Waals surface area contributed by atoms with Gasteiger partial charge >= 0.3 is 0 Å². The van der Waals surface area contributed by atoms with Crippen LogP contribution >= 0.6 is 11.6 Å². The summed E-state index contributed by atoms with van der Waals surface area (Å²) >= 11 is 6.06. The Morgan fingerprint density at radius 3 is 2.43 bits per heavy atom. The van der Waals surface area contributed by atoms with Gasteiger partial charge in [0.2, 0.25) is 10.0 Å². The molecule has 0 aliphatic carbocycles. The number of carbonyl (C=O) groups is 1. The Kier molecular flexibility index (Phi) is 6.13. The van der Waals surface area contributed by atoms with Gasteiger partial charge in [-0.1, -0.05) is 17.7 Å². The van der Waals surface area contributed by atoms with Gasteiger partial charge in [-0.25, -0.2) is 16.8 Å². The molecule has 1 aliphatic rings. The summed E-state index contributed by atoms with van der Waals surface area (Å²) in [6.45, 7) is -0.356. The predicted octanol–water partition coefficient (Wildman–Crippen LogP) is 1.92. The van der Waals surface area contributed by atoms with E-state index >= 15 is 0 Å². The first kappa shape index (κ1) is 22.2. The molecule has 0 spiro atoms. The third-order valence-electron chi connectivity index (χ3n) is 4.44. The van der Waals surface area contributed by atoms with Crippen LogP contribution in [0.3, 0.4) is 0 Å². The highest BCUT2D eigenvalue weighted by atomic mass is 35.5. The fourth-order valence-electron chi connectivity index (χ4n) is 2.82. The van der Waals surface area contributed by atoms with E-state index in [4.69, 9.17) is 11.6 Å². The molecule has 0 unspecified atom stereocenters. The van der Waals surface area contributed by atoms with Crippen molar-refractivity contribution in [3.05, 3.63) is 63.2 Å². The third kappa shape index (κ3) is 4.78. The lowest BCUT2D eigenvalue weighted by Gasteiger charge is -2.26. The topological polar surface area (TPSA) is 144 Å². The minimum Gasteiger partial charge on any atom is -0.322 e. The van der Waals surface area contributed by atoms with Gasteiger partial charge in [-0.2, -0.15) is 4.31 Å². The van der Waals surface area contributed by atoms with Gasteiger partial charge in [0.25, 0.3) is 11.6 Å². The van der Waals surface area contributed by atoms with Crippen LogP contribution < -0.4 is 5.32 Å². The lowest BCUT2D eigenvalue weighted by Crippen LogP contribution is -2.43. The summed E-state index contributed by atoms with van der Waals surface area (Å²) in [6, 6.07) is 8.80. The number of hydrogen-bond acceptors (Lipinski definition) is 7. The second kappa shape index (κ2) is 8.30. The maximum atomic E-state index is 12.8. The lowest BCUT2D eigenvalue weighted by molar-refractivity contribution is -0.384. The molecule has 0 bridgehead atoms. The summed E-state index contributed by atoms with van der Waals surface area (Å²) in [6.07, 6.45) is 0. The highest BCUT2D eigenvalue weighted by Crippen LogP contribution is 2.25. The molecule has 1 fully saturated rings. The molecule has 0 atom stereocenters. The quantitative estimate of drug-likeness (QED) is 0.515. The largest absolute Gasteiger partial charge is 0.322 e. The van der Waals surface area contributed by atoms with E-state index in [0.717, 1.165) is 16.4 Å². The highest BCUT2D eigenvalue weighted by molar-refractivity contribution is 7.92. The first-order valence-electron chi connectivity index (χ1n) is 8.55. The monoisotopic (exact) mass is 473 g/mol. The van der Waals surface area contributed by atoms with Crippen LogP contribution in [0.2, 0.25) is 5.02 Å². The minimum absolute atomic E-state index is 0.0156. The molecule has 30 heavy (non-hydrogen) atoms. The normalized spacial score (nSPS) is 16.7. The zero-order valence-corrected chi connectivity index (χ0v) is 17.7. The molecule has 0 radical (unpaired) electrons. The van der Waals surface area contributed by atoms with E-state index in [1.165, 1.54) is 30.3 Å². The second-order valence-corrected chi connectivity index (χ2v) is 11.1. The Morgan fingerprint density at radius 1 is 1.13 bits per heavy atom. The number of benzene rings is 2. The molecule has 1 N–H and O–H groups in total. The molecule has 0 saturated carbocycles. The Bertz CT molecular complexity index is 1220. The number of nitrogens with one attached hydrogen (secondary N) is 1. The molecule has 0 aromatic heterocycles. The summed E-state index contributed by atoms with van der Waals surface area (Å²) in [5.74, 6) is -1.31.